The summed E-state index contributed by atoms with van der Waals surface area (Å²) < 4.78 is 25.5. The van der Waals surface area contributed by atoms with Crippen LogP contribution >= 0.6 is 11.8 Å². The van der Waals surface area contributed by atoms with E-state index < -0.39 is 24.1 Å². The number of methoxy groups -OCH3 is 4. The molecule has 296 valence electrons. The number of aliphatic hydroxyl groups excluding tert-OH is 1. The van der Waals surface area contributed by atoms with Crippen molar-refractivity contribution in [1.82, 2.24) is 5.32 Å². The van der Waals surface area contributed by atoms with Gasteiger partial charge in [0.1, 0.15) is 28.9 Å². The van der Waals surface area contributed by atoms with Gasteiger partial charge >= 0.3 is 11.9 Å². The molecule has 0 aromatic heterocycles. The van der Waals surface area contributed by atoms with Crippen LogP contribution in [-0.4, -0.2) is 73.8 Å². The van der Waals surface area contributed by atoms with Crippen LogP contribution in [0, 0.1) is 23.7 Å². The van der Waals surface area contributed by atoms with Crippen molar-refractivity contribution >= 4 is 34.7 Å². The van der Waals surface area contributed by atoms with E-state index in [1.165, 1.54) is 0 Å². The number of aliphatic hydroxyl groups is 1. The lowest BCUT2D eigenvalue weighted by Gasteiger charge is -2.37. The van der Waals surface area contributed by atoms with Gasteiger partial charge in [0.25, 0.3) is 5.91 Å². The van der Waals surface area contributed by atoms with Crippen molar-refractivity contribution in [1.29, 1.82) is 0 Å². The van der Waals surface area contributed by atoms with Gasteiger partial charge in [0, 0.05) is 30.1 Å². The van der Waals surface area contributed by atoms with Crippen molar-refractivity contribution in [2.45, 2.75) is 70.7 Å². The number of hydrogen-bond acceptors (Lipinski definition) is 12. The molecule has 4 rings (SSSR count). The summed E-state index contributed by atoms with van der Waals surface area (Å²) in [6.45, 7) is 8.40. The number of aliphatic carboxylic acids is 1. The lowest BCUT2D eigenvalue weighted by Crippen LogP contribution is -2.56. The largest absolute Gasteiger partial charge is 0.497 e. The van der Waals surface area contributed by atoms with E-state index in [1.54, 1.807) is 53.6 Å². The molecule has 13 nitrogen and oxygen atoms in total. The van der Waals surface area contributed by atoms with E-state index in [1.807, 2.05) is 69.3 Å². The summed E-state index contributed by atoms with van der Waals surface area (Å²) in [6.07, 6.45) is -0.879. The van der Waals surface area contributed by atoms with Crippen molar-refractivity contribution in [2.24, 2.45) is 29.4 Å². The predicted molar refractivity (Wildman–Crippen MR) is 206 cm³/mol. The molecule has 1 saturated heterocycles. The first-order chi connectivity index (χ1) is 25.8. The number of amides is 1. The normalized spacial score (nSPS) is 16.5. The monoisotopic (exact) mass is 770 g/mol. The first-order valence-corrected chi connectivity index (χ1v) is 18.4. The van der Waals surface area contributed by atoms with Crippen molar-refractivity contribution in [3.05, 3.63) is 77.9 Å². The first kappa shape index (κ1) is 45.4. The summed E-state index contributed by atoms with van der Waals surface area (Å²) in [4.78, 5) is 47.6. The second-order valence-corrected chi connectivity index (χ2v) is 13.6. The Balaban J connectivity index is 0.000000294. The highest BCUT2D eigenvalue weighted by Gasteiger charge is 2.49. The molecule has 0 radical (unpaired) electrons. The molecule has 1 aliphatic heterocycles. The molecule has 1 amide bonds. The smallest absolute Gasteiger partial charge is 0.333 e. The number of hydrogen-bond donors (Lipinski definition) is 4. The van der Waals surface area contributed by atoms with Gasteiger partial charge in [0.2, 0.25) is 0 Å². The van der Waals surface area contributed by atoms with Crippen LogP contribution in [0.5, 0.6) is 23.0 Å². The number of carbonyl (C=O) groups is 4. The Morgan fingerprint density at radius 2 is 1.33 bits per heavy atom. The lowest BCUT2D eigenvalue weighted by atomic mass is 9.83. The van der Waals surface area contributed by atoms with Crippen LogP contribution in [0.4, 0.5) is 0 Å². The van der Waals surface area contributed by atoms with E-state index in [9.17, 15) is 24.3 Å². The third-order valence-corrected chi connectivity index (χ3v) is 9.95. The maximum absolute atomic E-state index is 12.2. The van der Waals surface area contributed by atoms with Gasteiger partial charge in [-0.05, 0) is 59.4 Å². The second kappa shape index (κ2) is 23.1. The average Bonchev–Trinajstić information content (AvgIpc) is 3.18. The van der Waals surface area contributed by atoms with Gasteiger partial charge in [-0.15, -0.1) is 0 Å². The van der Waals surface area contributed by atoms with Crippen molar-refractivity contribution < 1.29 is 53.1 Å². The van der Waals surface area contributed by atoms with Crippen LogP contribution in [0.1, 0.15) is 51.7 Å². The fourth-order valence-corrected chi connectivity index (χ4v) is 6.35. The van der Waals surface area contributed by atoms with E-state index in [0.717, 1.165) is 45.7 Å². The number of cyclic esters (lactones) is 1. The molecule has 1 heterocycles. The van der Waals surface area contributed by atoms with Crippen LogP contribution in [0.15, 0.2) is 71.6 Å². The molecular formula is C40H54N2O11S. The van der Waals surface area contributed by atoms with Gasteiger partial charge < -0.3 is 44.9 Å². The van der Waals surface area contributed by atoms with Gasteiger partial charge in [-0.25, -0.2) is 4.79 Å². The zero-order valence-corrected chi connectivity index (χ0v) is 33.0. The molecule has 3 aromatic rings. The maximum Gasteiger partial charge on any atom is 0.333 e. The van der Waals surface area contributed by atoms with Crippen LogP contribution in [0.3, 0.4) is 0 Å². The summed E-state index contributed by atoms with van der Waals surface area (Å²) in [5, 5.41) is 21.1. The fourth-order valence-electron chi connectivity index (χ4n) is 5.32. The molecule has 3 aromatic carbocycles. The Morgan fingerprint density at radius 1 is 0.833 bits per heavy atom. The van der Waals surface area contributed by atoms with Gasteiger partial charge in [0.05, 0.1) is 34.4 Å². The Bertz CT molecular complexity index is 1580. The number of rotatable bonds is 16. The number of benzene rings is 3. The molecule has 1 aliphatic rings. The zero-order chi connectivity index (χ0) is 40.4. The van der Waals surface area contributed by atoms with E-state index in [2.05, 4.69) is 5.32 Å². The number of nitrogens with one attached hydrogen (secondary N) is 1. The molecule has 0 saturated carbocycles. The number of carbonyl (C=O) groups excluding carboxylic acids is 3. The van der Waals surface area contributed by atoms with E-state index >= 15 is 0 Å². The second-order valence-electron chi connectivity index (χ2n) is 12.6. The fraction of sp³-hybridized carbons (Fsp3) is 0.450. The molecule has 14 heteroatoms. The third kappa shape index (κ3) is 13.6. The third-order valence-electron chi connectivity index (χ3n) is 8.97. The number of esters is 1. The molecule has 6 atom stereocenters. The van der Waals surface area contributed by atoms with Gasteiger partial charge in [-0.2, -0.15) is 0 Å². The average molecular weight is 771 g/mol. The highest BCUT2D eigenvalue weighted by Crippen LogP contribution is 2.32. The number of ether oxygens (including phenoxy) is 5. The Kier molecular flexibility index (Phi) is 19.4. The SMILES string of the molecule is CC[C@H](C)[C@@H]1C(=O)O[C@H]1C(=O)NCc1cc(OC)cc(OC)c1.CC[C@H](C)[C@H](C(=O)Sc1ccccc1)[C@@H](O)C(=O)O.COc1cc(CN)cc(OC)c1. The molecule has 0 unspecified atom stereocenters. The van der Waals surface area contributed by atoms with Gasteiger partial charge in [-0.1, -0.05) is 70.5 Å². The number of nitrogens with two attached hydrogens (primary N) is 1. The number of carboxylic acids is 1. The minimum absolute atomic E-state index is 0.129. The highest BCUT2D eigenvalue weighted by atomic mass is 32.2. The quantitative estimate of drug-likeness (QED) is 0.106. The summed E-state index contributed by atoms with van der Waals surface area (Å²) in [7, 11) is 6.38. The van der Waals surface area contributed by atoms with Crippen molar-refractivity contribution in [3.8, 4) is 23.0 Å². The van der Waals surface area contributed by atoms with Crippen LogP contribution < -0.4 is 30.0 Å². The van der Waals surface area contributed by atoms with E-state index in [-0.39, 0.29) is 34.7 Å². The van der Waals surface area contributed by atoms with Gasteiger partial charge in [-0.3, -0.25) is 14.4 Å². The van der Waals surface area contributed by atoms with Gasteiger partial charge in [0.15, 0.2) is 17.3 Å². The minimum atomic E-state index is -1.65. The first-order valence-electron chi connectivity index (χ1n) is 17.6. The predicted octanol–water partition coefficient (Wildman–Crippen LogP) is 5.48. The van der Waals surface area contributed by atoms with E-state index in [0.29, 0.717) is 31.0 Å². The Morgan fingerprint density at radius 3 is 1.74 bits per heavy atom. The molecule has 5 N–H and O–H groups in total. The summed E-state index contributed by atoms with van der Waals surface area (Å²) in [5.41, 5.74) is 7.34. The summed E-state index contributed by atoms with van der Waals surface area (Å²) in [5.74, 6) is -0.357. The number of carboxylic acid groups (broad SMARTS) is 1. The standard InChI is InChI=1S/C17H23NO5.C14H18O4S.C9H13NO2/c1-5-10(2)14-15(23-17(14)20)16(19)18-9-11-6-12(21-3)8-13(7-11)22-4;1-3-9(2)11(12(15)13(16)17)14(18)19-10-7-5-4-6-8-10;1-11-8-3-7(6-10)4-9(5-8)12-2/h6-8,10,14-15H,5,9H2,1-4H3,(H,18,19);4-9,11-12,15H,3H2,1-2H3,(H,16,17);3-5H,6,10H2,1-2H3/t10-,14-,15+;9-,11-,12+;/m00./s1. The number of thioether (sulfide) groups is 1. The molecule has 0 bridgehead atoms. The van der Waals surface area contributed by atoms with E-state index in [4.69, 9.17) is 34.5 Å². The molecule has 1 fully saturated rings. The summed E-state index contributed by atoms with van der Waals surface area (Å²) in [6, 6.07) is 20.0. The van der Waals surface area contributed by atoms with Crippen molar-refractivity contribution in [3.63, 3.8) is 0 Å². The molecule has 0 aliphatic carbocycles. The lowest BCUT2D eigenvalue weighted by molar-refractivity contribution is -0.193. The maximum atomic E-state index is 12.2. The highest BCUT2D eigenvalue weighted by molar-refractivity contribution is 8.13. The van der Waals surface area contributed by atoms with Crippen LogP contribution in [0.2, 0.25) is 0 Å². The summed E-state index contributed by atoms with van der Waals surface area (Å²) >= 11 is 0.979. The van der Waals surface area contributed by atoms with Crippen molar-refractivity contribution in [2.75, 3.05) is 28.4 Å². The Labute approximate surface area is 321 Å². The molecular weight excluding hydrogens is 717 g/mol. The topological polar surface area (TPSA) is 193 Å². The minimum Gasteiger partial charge on any atom is -0.497 e. The molecule has 0 spiro atoms. The van der Waals surface area contributed by atoms with Crippen LogP contribution in [-0.2, 0) is 37.0 Å². The van der Waals surface area contributed by atoms with Crippen LogP contribution in [0.25, 0.3) is 0 Å². The molecule has 54 heavy (non-hydrogen) atoms. The zero-order valence-electron chi connectivity index (χ0n) is 32.2. The Hall–Kier alpha value is -4.79.